The van der Waals surface area contributed by atoms with Crippen molar-refractivity contribution in [1.82, 2.24) is 9.80 Å². The predicted octanol–water partition coefficient (Wildman–Crippen LogP) is 4.66. The number of thiophene rings is 1. The van der Waals surface area contributed by atoms with E-state index in [1.807, 2.05) is 11.3 Å². The summed E-state index contributed by atoms with van der Waals surface area (Å²) >= 11 is 1.84. The largest absolute Gasteiger partial charge is 0.487 e. The summed E-state index contributed by atoms with van der Waals surface area (Å²) in [4.78, 5) is 18.9. The van der Waals surface area contributed by atoms with Crippen LogP contribution in [0, 0.1) is 0 Å². The number of fused-ring (bicyclic) bond motifs is 1. The van der Waals surface area contributed by atoms with Gasteiger partial charge in [-0.15, -0.1) is 11.3 Å². The smallest absolute Gasteiger partial charge is 0.223 e. The minimum Gasteiger partial charge on any atom is -0.487 e. The van der Waals surface area contributed by atoms with Crippen molar-refractivity contribution in [2.75, 3.05) is 26.2 Å². The van der Waals surface area contributed by atoms with E-state index in [0.717, 1.165) is 70.6 Å². The molecule has 1 aromatic heterocycles. The fourth-order valence-electron chi connectivity index (χ4n) is 5.28. The van der Waals surface area contributed by atoms with Crippen molar-refractivity contribution in [3.63, 3.8) is 0 Å². The van der Waals surface area contributed by atoms with Gasteiger partial charge >= 0.3 is 0 Å². The second-order valence-corrected chi connectivity index (χ2v) is 9.90. The molecule has 0 bridgehead atoms. The summed E-state index contributed by atoms with van der Waals surface area (Å²) in [6.07, 6.45) is 5.99. The van der Waals surface area contributed by atoms with Gasteiger partial charge in [-0.05, 0) is 55.2 Å². The van der Waals surface area contributed by atoms with E-state index in [-0.39, 0.29) is 11.5 Å². The molecule has 4 nitrogen and oxygen atoms in total. The van der Waals surface area contributed by atoms with E-state index in [9.17, 15) is 4.79 Å². The van der Waals surface area contributed by atoms with Crippen LogP contribution in [0.3, 0.4) is 0 Å². The summed E-state index contributed by atoms with van der Waals surface area (Å²) in [5.41, 5.74) is 1.11. The molecule has 2 fully saturated rings. The highest BCUT2D eigenvalue weighted by Gasteiger charge is 2.43. The van der Waals surface area contributed by atoms with Gasteiger partial charge in [-0.2, -0.15) is 0 Å². The van der Waals surface area contributed by atoms with Crippen LogP contribution in [0.15, 0.2) is 41.8 Å². The highest BCUT2D eigenvalue weighted by Crippen LogP contribution is 2.46. The molecule has 4 heterocycles. The molecule has 0 saturated carbocycles. The number of para-hydroxylation sites is 1. The van der Waals surface area contributed by atoms with Crippen molar-refractivity contribution < 1.29 is 9.53 Å². The van der Waals surface area contributed by atoms with Gasteiger partial charge in [-0.3, -0.25) is 9.69 Å². The summed E-state index contributed by atoms with van der Waals surface area (Å²) < 4.78 is 6.63. The van der Waals surface area contributed by atoms with E-state index < -0.39 is 0 Å². The number of benzene rings is 1. The summed E-state index contributed by atoms with van der Waals surface area (Å²) in [6, 6.07) is 12.8. The first-order valence-electron chi connectivity index (χ1n) is 11.0. The fraction of sp³-hybridized carbons (Fsp3) is 0.542. The van der Waals surface area contributed by atoms with Crippen LogP contribution in [-0.2, 0) is 11.3 Å². The molecule has 0 aliphatic carbocycles. The molecule has 29 heavy (non-hydrogen) atoms. The monoisotopic (exact) mass is 410 g/mol. The molecule has 1 atom stereocenters. The summed E-state index contributed by atoms with van der Waals surface area (Å²) in [5, 5.41) is 2.16. The number of likely N-dealkylation sites (tertiary alicyclic amines) is 2. The SMILES string of the molecule is O=C(CC1CC2(CCN(Cc3cccs3)CC2)Oc2ccccc21)N1CCCC1. The van der Waals surface area contributed by atoms with Gasteiger partial charge < -0.3 is 9.64 Å². The van der Waals surface area contributed by atoms with Crippen LogP contribution < -0.4 is 4.74 Å². The lowest BCUT2D eigenvalue weighted by molar-refractivity contribution is -0.131. The molecular weight excluding hydrogens is 380 g/mol. The Morgan fingerprint density at radius 3 is 2.62 bits per heavy atom. The zero-order valence-electron chi connectivity index (χ0n) is 17.0. The molecule has 154 valence electrons. The summed E-state index contributed by atoms with van der Waals surface area (Å²) in [7, 11) is 0. The van der Waals surface area contributed by atoms with Gasteiger partial charge in [0.15, 0.2) is 0 Å². The Balaban J connectivity index is 1.29. The molecular formula is C24H30N2O2S. The highest BCUT2D eigenvalue weighted by atomic mass is 32.1. The van der Waals surface area contributed by atoms with E-state index in [1.165, 1.54) is 10.4 Å². The normalized spacial score (nSPS) is 23.7. The van der Waals surface area contributed by atoms with Crippen LogP contribution in [0.4, 0.5) is 0 Å². The Morgan fingerprint density at radius 1 is 1.07 bits per heavy atom. The van der Waals surface area contributed by atoms with Gasteiger partial charge in [-0.1, -0.05) is 24.3 Å². The molecule has 1 amide bonds. The third-order valence-corrected chi connectivity index (χ3v) is 7.77. The molecule has 5 rings (SSSR count). The minimum absolute atomic E-state index is 0.115. The number of hydrogen-bond acceptors (Lipinski definition) is 4. The Hall–Kier alpha value is -1.85. The van der Waals surface area contributed by atoms with Gasteiger partial charge in [0.05, 0.1) is 0 Å². The average molecular weight is 411 g/mol. The molecule has 0 N–H and O–H groups in total. The summed E-state index contributed by atoms with van der Waals surface area (Å²) in [6.45, 7) is 5.04. The van der Waals surface area contributed by atoms with Crippen LogP contribution in [0.2, 0.25) is 0 Å². The first kappa shape index (κ1) is 19.1. The molecule has 2 aromatic rings. The van der Waals surface area contributed by atoms with Crippen molar-refractivity contribution in [3.05, 3.63) is 52.2 Å². The first-order valence-corrected chi connectivity index (χ1v) is 11.9. The van der Waals surface area contributed by atoms with Crippen LogP contribution >= 0.6 is 11.3 Å². The number of rotatable bonds is 4. The molecule has 5 heteroatoms. The Morgan fingerprint density at radius 2 is 1.86 bits per heavy atom. The van der Waals surface area contributed by atoms with E-state index in [2.05, 4.69) is 51.6 Å². The first-order chi connectivity index (χ1) is 14.2. The van der Waals surface area contributed by atoms with Gasteiger partial charge in [0.2, 0.25) is 5.91 Å². The topological polar surface area (TPSA) is 32.8 Å². The fourth-order valence-corrected chi connectivity index (χ4v) is 6.03. The maximum Gasteiger partial charge on any atom is 0.223 e. The zero-order chi connectivity index (χ0) is 19.7. The summed E-state index contributed by atoms with van der Waals surface area (Å²) in [5.74, 6) is 1.61. The minimum atomic E-state index is -0.115. The standard InChI is InChI=1S/C24H30N2O2S/c27-23(26-11-3-4-12-26)16-19-17-24(28-22-8-2-1-7-21(19)22)9-13-25(14-10-24)18-20-6-5-15-29-20/h1-2,5-8,15,19H,3-4,9-14,16-18H2. The van der Waals surface area contributed by atoms with Crippen molar-refractivity contribution in [2.24, 2.45) is 0 Å². The molecule has 2 saturated heterocycles. The molecule has 1 aromatic carbocycles. The van der Waals surface area contributed by atoms with Crippen LogP contribution in [0.25, 0.3) is 0 Å². The number of hydrogen-bond donors (Lipinski definition) is 0. The average Bonchev–Trinajstić information content (AvgIpc) is 3.44. The number of piperidine rings is 1. The molecule has 3 aliphatic rings. The van der Waals surface area contributed by atoms with Crippen LogP contribution in [0.1, 0.15) is 54.9 Å². The predicted molar refractivity (Wildman–Crippen MR) is 116 cm³/mol. The molecule has 1 unspecified atom stereocenters. The van der Waals surface area contributed by atoms with Crippen molar-refractivity contribution in [3.8, 4) is 5.75 Å². The molecule has 0 radical (unpaired) electrons. The Labute approximate surface area is 177 Å². The maximum atomic E-state index is 12.9. The third kappa shape index (κ3) is 4.08. The van der Waals surface area contributed by atoms with E-state index >= 15 is 0 Å². The van der Waals surface area contributed by atoms with Gasteiger partial charge in [0, 0.05) is 49.9 Å². The number of carbonyl (C=O) groups is 1. The van der Waals surface area contributed by atoms with E-state index in [4.69, 9.17) is 4.74 Å². The second kappa shape index (κ2) is 8.11. The highest BCUT2D eigenvalue weighted by molar-refractivity contribution is 7.09. The quantitative estimate of drug-likeness (QED) is 0.735. The van der Waals surface area contributed by atoms with E-state index in [1.54, 1.807) is 0 Å². The lowest BCUT2D eigenvalue weighted by atomic mass is 9.76. The number of carbonyl (C=O) groups excluding carboxylic acids is 1. The van der Waals surface area contributed by atoms with Gasteiger partial charge in [0.25, 0.3) is 0 Å². The maximum absolute atomic E-state index is 12.9. The number of nitrogens with zero attached hydrogens (tertiary/aromatic N) is 2. The Bertz CT molecular complexity index is 836. The number of amides is 1. The van der Waals surface area contributed by atoms with Crippen LogP contribution in [0.5, 0.6) is 5.75 Å². The zero-order valence-corrected chi connectivity index (χ0v) is 17.8. The van der Waals surface area contributed by atoms with Gasteiger partial charge in [0.1, 0.15) is 11.4 Å². The van der Waals surface area contributed by atoms with Crippen molar-refractivity contribution in [2.45, 2.75) is 56.6 Å². The van der Waals surface area contributed by atoms with Crippen LogP contribution in [-0.4, -0.2) is 47.5 Å². The Kier molecular flexibility index (Phi) is 5.35. The van der Waals surface area contributed by atoms with E-state index in [0.29, 0.717) is 12.3 Å². The van der Waals surface area contributed by atoms with Gasteiger partial charge in [-0.25, -0.2) is 0 Å². The lowest BCUT2D eigenvalue weighted by Crippen LogP contribution is -2.50. The third-order valence-electron chi connectivity index (χ3n) is 6.91. The molecule has 1 spiro atoms. The van der Waals surface area contributed by atoms with Crippen molar-refractivity contribution in [1.29, 1.82) is 0 Å². The number of ether oxygens (including phenoxy) is 1. The second-order valence-electron chi connectivity index (χ2n) is 8.87. The molecule has 3 aliphatic heterocycles. The van der Waals surface area contributed by atoms with Crippen molar-refractivity contribution >= 4 is 17.2 Å². The lowest BCUT2D eigenvalue weighted by Gasteiger charge is -2.47.